The first-order chi connectivity index (χ1) is 7.92. The van der Waals surface area contributed by atoms with Gasteiger partial charge in [-0.25, -0.2) is 9.97 Å². The third-order valence-corrected chi connectivity index (χ3v) is 2.88. The Morgan fingerprint density at radius 1 is 1.31 bits per heavy atom. The minimum Gasteiger partial charge on any atom is -0.381 e. The highest BCUT2D eigenvalue weighted by Gasteiger charge is 2.21. The number of hydrogen-bond donors (Lipinski definition) is 1. The van der Waals surface area contributed by atoms with E-state index in [4.69, 9.17) is 10.5 Å². The van der Waals surface area contributed by atoms with E-state index < -0.39 is 0 Å². The van der Waals surface area contributed by atoms with E-state index in [2.05, 4.69) is 14.9 Å². The van der Waals surface area contributed by atoms with Gasteiger partial charge in [0.05, 0.1) is 18.1 Å². The van der Waals surface area contributed by atoms with Crippen molar-refractivity contribution in [3.8, 4) is 0 Å². The van der Waals surface area contributed by atoms with Crippen LogP contribution >= 0.6 is 0 Å². The molecule has 0 unspecified atom stereocenters. The molecule has 1 aliphatic rings. The van der Waals surface area contributed by atoms with Crippen LogP contribution in [0, 0.1) is 0 Å². The van der Waals surface area contributed by atoms with Crippen LogP contribution in [0.15, 0.2) is 18.7 Å². The second kappa shape index (κ2) is 5.77. The quantitative estimate of drug-likeness (QED) is 0.800. The lowest BCUT2D eigenvalue weighted by Crippen LogP contribution is -2.42. The average Bonchev–Trinajstić information content (AvgIpc) is 2.38. The summed E-state index contributed by atoms with van der Waals surface area (Å²) < 4.78 is 5.37. The normalized spacial score (nSPS) is 17.3. The van der Waals surface area contributed by atoms with Gasteiger partial charge in [0.25, 0.3) is 0 Å². The molecule has 0 radical (unpaired) electrons. The maximum Gasteiger partial charge on any atom is 0.115 e. The summed E-state index contributed by atoms with van der Waals surface area (Å²) in [6.07, 6.45) is 7.34. The lowest BCUT2D eigenvalue weighted by atomic mass is 10.1. The van der Waals surface area contributed by atoms with E-state index in [0.29, 0.717) is 12.6 Å². The Labute approximate surface area is 95.6 Å². The van der Waals surface area contributed by atoms with E-state index in [1.807, 2.05) is 12.4 Å². The van der Waals surface area contributed by atoms with Gasteiger partial charge in [0.15, 0.2) is 0 Å². The number of ether oxygens (including phenoxy) is 1. The van der Waals surface area contributed by atoms with E-state index >= 15 is 0 Å². The SMILES string of the molecule is NCCN(c1cncnc1)C1CCOCC1. The maximum absolute atomic E-state index is 5.66. The Bertz CT molecular complexity index is 300. The highest BCUT2D eigenvalue weighted by molar-refractivity contribution is 5.42. The average molecular weight is 222 g/mol. The van der Waals surface area contributed by atoms with Gasteiger partial charge in [-0.1, -0.05) is 0 Å². The lowest BCUT2D eigenvalue weighted by Gasteiger charge is -2.35. The number of anilines is 1. The smallest absolute Gasteiger partial charge is 0.115 e. The predicted octanol–water partition coefficient (Wildman–Crippen LogP) is 0.421. The van der Waals surface area contributed by atoms with Gasteiger partial charge in [0, 0.05) is 32.3 Å². The van der Waals surface area contributed by atoms with Crippen molar-refractivity contribution in [3.05, 3.63) is 18.7 Å². The van der Waals surface area contributed by atoms with Crippen LogP contribution in [-0.4, -0.2) is 42.3 Å². The molecule has 0 bridgehead atoms. The molecule has 88 valence electrons. The molecule has 0 amide bonds. The summed E-state index contributed by atoms with van der Waals surface area (Å²) in [6.45, 7) is 3.16. The van der Waals surface area contributed by atoms with Crippen LogP contribution in [0.4, 0.5) is 5.69 Å². The van der Waals surface area contributed by atoms with E-state index in [1.165, 1.54) is 0 Å². The van der Waals surface area contributed by atoms with Crippen molar-refractivity contribution in [2.24, 2.45) is 5.73 Å². The molecule has 2 heterocycles. The van der Waals surface area contributed by atoms with E-state index in [0.717, 1.165) is 38.3 Å². The highest BCUT2D eigenvalue weighted by atomic mass is 16.5. The summed E-state index contributed by atoms with van der Waals surface area (Å²) >= 11 is 0. The van der Waals surface area contributed by atoms with Gasteiger partial charge in [-0.15, -0.1) is 0 Å². The maximum atomic E-state index is 5.66. The fourth-order valence-electron chi connectivity index (χ4n) is 2.10. The number of rotatable bonds is 4. The van der Waals surface area contributed by atoms with Crippen molar-refractivity contribution in [1.82, 2.24) is 9.97 Å². The van der Waals surface area contributed by atoms with E-state index in [1.54, 1.807) is 6.33 Å². The Hall–Kier alpha value is -1.20. The van der Waals surface area contributed by atoms with Crippen molar-refractivity contribution in [1.29, 1.82) is 0 Å². The van der Waals surface area contributed by atoms with Gasteiger partial charge in [-0.05, 0) is 12.8 Å². The largest absolute Gasteiger partial charge is 0.381 e. The van der Waals surface area contributed by atoms with Gasteiger partial charge in [0.1, 0.15) is 6.33 Å². The van der Waals surface area contributed by atoms with Crippen molar-refractivity contribution in [2.45, 2.75) is 18.9 Å². The van der Waals surface area contributed by atoms with E-state index in [-0.39, 0.29) is 0 Å². The summed E-state index contributed by atoms with van der Waals surface area (Å²) in [5.74, 6) is 0. The molecule has 5 heteroatoms. The zero-order chi connectivity index (χ0) is 11.2. The molecule has 0 saturated carbocycles. The summed E-state index contributed by atoms with van der Waals surface area (Å²) in [6, 6.07) is 0.503. The summed E-state index contributed by atoms with van der Waals surface area (Å²) in [7, 11) is 0. The standard InChI is InChI=1S/C11H18N4O/c12-3-4-15(10-1-5-16-6-2-10)11-7-13-9-14-8-11/h7-10H,1-6,12H2. The molecule has 0 aromatic carbocycles. The van der Waals surface area contributed by atoms with Crippen molar-refractivity contribution in [2.75, 3.05) is 31.2 Å². The van der Waals surface area contributed by atoms with Gasteiger partial charge < -0.3 is 15.4 Å². The topological polar surface area (TPSA) is 64.3 Å². The molecule has 5 nitrogen and oxygen atoms in total. The molecule has 1 saturated heterocycles. The Morgan fingerprint density at radius 2 is 2.00 bits per heavy atom. The lowest BCUT2D eigenvalue weighted by molar-refractivity contribution is 0.0845. The third-order valence-electron chi connectivity index (χ3n) is 2.88. The van der Waals surface area contributed by atoms with Crippen molar-refractivity contribution >= 4 is 5.69 Å². The van der Waals surface area contributed by atoms with Crippen LogP contribution in [0.5, 0.6) is 0 Å². The minimum atomic E-state index is 0.503. The Kier molecular flexibility index (Phi) is 4.07. The van der Waals surface area contributed by atoms with Crippen LogP contribution < -0.4 is 10.6 Å². The first-order valence-electron chi connectivity index (χ1n) is 5.71. The molecule has 1 fully saturated rings. The predicted molar refractivity (Wildman–Crippen MR) is 62.3 cm³/mol. The molecule has 0 atom stereocenters. The molecule has 16 heavy (non-hydrogen) atoms. The molecular weight excluding hydrogens is 204 g/mol. The van der Waals surface area contributed by atoms with Crippen LogP contribution in [0.2, 0.25) is 0 Å². The molecular formula is C11H18N4O. The fraction of sp³-hybridized carbons (Fsp3) is 0.636. The van der Waals surface area contributed by atoms with Gasteiger partial charge in [-0.2, -0.15) is 0 Å². The molecule has 1 aliphatic heterocycles. The zero-order valence-corrected chi connectivity index (χ0v) is 9.38. The number of nitrogens with zero attached hydrogens (tertiary/aromatic N) is 3. The van der Waals surface area contributed by atoms with Gasteiger partial charge in [0.2, 0.25) is 0 Å². The molecule has 1 aromatic heterocycles. The molecule has 0 aliphatic carbocycles. The summed E-state index contributed by atoms with van der Waals surface area (Å²) in [4.78, 5) is 10.4. The number of nitrogens with two attached hydrogens (primary N) is 1. The zero-order valence-electron chi connectivity index (χ0n) is 9.38. The highest BCUT2D eigenvalue weighted by Crippen LogP contribution is 2.20. The molecule has 2 rings (SSSR count). The first-order valence-corrected chi connectivity index (χ1v) is 5.71. The Balaban J connectivity index is 2.09. The van der Waals surface area contributed by atoms with Crippen molar-refractivity contribution < 1.29 is 4.74 Å². The third kappa shape index (κ3) is 2.68. The van der Waals surface area contributed by atoms with Crippen LogP contribution in [0.1, 0.15) is 12.8 Å². The summed E-state index contributed by atoms with van der Waals surface area (Å²) in [5.41, 5.74) is 6.72. The molecule has 2 N–H and O–H groups in total. The van der Waals surface area contributed by atoms with Gasteiger partial charge in [-0.3, -0.25) is 0 Å². The molecule has 1 aromatic rings. The van der Waals surface area contributed by atoms with Crippen LogP contribution in [0.25, 0.3) is 0 Å². The second-order valence-electron chi connectivity index (χ2n) is 3.92. The van der Waals surface area contributed by atoms with Crippen molar-refractivity contribution in [3.63, 3.8) is 0 Å². The second-order valence-corrected chi connectivity index (χ2v) is 3.92. The monoisotopic (exact) mass is 222 g/mol. The first kappa shape index (κ1) is 11.3. The van der Waals surface area contributed by atoms with Gasteiger partial charge >= 0.3 is 0 Å². The van der Waals surface area contributed by atoms with Crippen LogP contribution in [-0.2, 0) is 4.74 Å². The van der Waals surface area contributed by atoms with Crippen LogP contribution in [0.3, 0.4) is 0 Å². The number of aromatic nitrogens is 2. The summed E-state index contributed by atoms with van der Waals surface area (Å²) in [5, 5.41) is 0. The fourth-order valence-corrected chi connectivity index (χ4v) is 2.10. The number of hydrogen-bond acceptors (Lipinski definition) is 5. The Morgan fingerprint density at radius 3 is 2.62 bits per heavy atom. The molecule has 0 spiro atoms. The minimum absolute atomic E-state index is 0.503. The van der Waals surface area contributed by atoms with E-state index in [9.17, 15) is 0 Å².